The van der Waals surface area contributed by atoms with Gasteiger partial charge in [-0.15, -0.1) is 0 Å². The third-order valence-electron chi connectivity index (χ3n) is 4.08. The monoisotopic (exact) mass is 339 g/mol. The van der Waals surface area contributed by atoms with Crippen LogP contribution in [0.4, 0.5) is 5.69 Å². The quantitative estimate of drug-likeness (QED) is 0.473. The van der Waals surface area contributed by atoms with Gasteiger partial charge in [-0.1, -0.05) is 24.3 Å². The fourth-order valence-corrected chi connectivity index (χ4v) is 2.70. The summed E-state index contributed by atoms with van der Waals surface area (Å²) in [5, 5.41) is 10.6. The van der Waals surface area contributed by atoms with E-state index in [0.717, 1.165) is 31.4 Å². The minimum absolute atomic E-state index is 0.585. The standard InChI is InChI=1S/C18H25N7/c1-3-19-18(21-13-17-22-14-23-24(17)2)20-12-15-7-6-8-16(11-15)25-9-4-5-10-25/h4-8,11,14H,3,9-10,12-13H2,1-2H3,(H2,19,20,21). The number of aromatic nitrogens is 3. The van der Waals surface area contributed by atoms with Crippen molar-refractivity contribution >= 4 is 11.6 Å². The SMILES string of the molecule is CCNC(=NCc1cccc(N2CC=CC2)c1)NCc1ncnn1C. The minimum Gasteiger partial charge on any atom is -0.364 e. The van der Waals surface area contributed by atoms with E-state index in [1.807, 2.05) is 7.05 Å². The van der Waals surface area contributed by atoms with Gasteiger partial charge in [-0.2, -0.15) is 5.10 Å². The van der Waals surface area contributed by atoms with E-state index < -0.39 is 0 Å². The van der Waals surface area contributed by atoms with Gasteiger partial charge in [0.2, 0.25) is 0 Å². The molecule has 132 valence electrons. The zero-order valence-electron chi connectivity index (χ0n) is 14.8. The molecule has 0 fully saturated rings. The number of nitrogens with zero attached hydrogens (tertiary/aromatic N) is 5. The van der Waals surface area contributed by atoms with Gasteiger partial charge < -0.3 is 15.5 Å². The van der Waals surface area contributed by atoms with Crippen molar-refractivity contribution in [3.05, 3.63) is 54.1 Å². The van der Waals surface area contributed by atoms with Crippen LogP contribution in [0.1, 0.15) is 18.3 Å². The van der Waals surface area contributed by atoms with Gasteiger partial charge in [0.05, 0.1) is 13.1 Å². The summed E-state index contributed by atoms with van der Waals surface area (Å²) >= 11 is 0. The number of rotatable bonds is 6. The van der Waals surface area contributed by atoms with Crippen LogP contribution >= 0.6 is 0 Å². The number of anilines is 1. The molecule has 0 amide bonds. The lowest BCUT2D eigenvalue weighted by molar-refractivity contribution is 0.673. The summed E-state index contributed by atoms with van der Waals surface area (Å²) in [5.41, 5.74) is 2.44. The lowest BCUT2D eigenvalue weighted by Crippen LogP contribution is -2.37. The molecule has 2 N–H and O–H groups in total. The van der Waals surface area contributed by atoms with Crippen LogP contribution in [0.2, 0.25) is 0 Å². The molecule has 1 aromatic heterocycles. The molecular formula is C18H25N7. The van der Waals surface area contributed by atoms with E-state index in [-0.39, 0.29) is 0 Å². The normalized spacial score (nSPS) is 14.2. The predicted octanol–water partition coefficient (Wildman–Crippen LogP) is 1.45. The maximum atomic E-state index is 4.68. The molecule has 0 saturated heterocycles. The van der Waals surface area contributed by atoms with Gasteiger partial charge in [-0.05, 0) is 24.6 Å². The van der Waals surface area contributed by atoms with Crippen molar-refractivity contribution in [3.63, 3.8) is 0 Å². The number of aryl methyl sites for hydroxylation is 1. The van der Waals surface area contributed by atoms with Gasteiger partial charge in [0.25, 0.3) is 0 Å². The second-order valence-corrected chi connectivity index (χ2v) is 5.89. The van der Waals surface area contributed by atoms with Crippen LogP contribution in [-0.2, 0) is 20.1 Å². The molecule has 0 atom stereocenters. The van der Waals surface area contributed by atoms with Gasteiger partial charge >= 0.3 is 0 Å². The first-order chi connectivity index (χ1) is 12.3. The molecule has 0 spiro atoms. The molecule has 25 heavy (non-hydrogen) atoms. The highest BCUT2D eigenvalue weighted by atomic mass is 15.3. The Bertz CT molecular complexity index is 739. The first-order valence-corrected chi connectivity index (χ1v) is 8.60. The molecule has 0 unspecified atom stereocenters. The second-order valence-electron chi connectivity index (χ2n) is 5.89. The first kappa shape index (κ1) is 17.0. The Hall–Kier alpha value is -2.83. The summed E-state index contributed by atoms with van der Waals surface area (Å²) < 4.78 is 1.75. The molecule has 0 bridgehead atoms. The summed E-state index contributed by atoms with van der Waals surface area (Å²) in [6.45, 7) is 6.04. The van der Waals surface area contributed by atoms with E-state index in [1.165, 1.54) is 11.3 Å². The highest BCUT2D eigenvalue weighted by Crippen LogP contribution is 2.18. The van der Waals surface area contributed by atoms with Gasteiger partial charge in [0.1, 0.15) is 12.2 Å². The van der Waals surface area contributed by atoms with Crippen molar-refractivity contribution in [2.24, 2.45) is 12.0 Å². The van der Waals surface area contributed by atoms with E-state index in [4.69, 9.17) is 0 Å². The van der Waals surface area contributed by atoms with Crippen LogP contribution in [0.15, 0.2) is 47.7 Å². The molecule has 7 nitrogen and oxygen atoms in total. The van der Waals surface area contributed by atoms with E-state index in [0.29, 0.717) is 13.1 Å². The van der Waals surface area contributed by atoms with E-state index in [1.54, 1.807) is 11.0 Å². The van der Waals surface area contributed by atoms with Gasteiger partial charge in [0, 0.05) is 32.4 Å². The van der Waals surface area contributed by atoms with Crippen LogP contribution < -0.4 is 15.5 Å². The second kappa shape index (κ2) is 8.32. The molecular weight excluding hydrogens is 314 g/mol. The predicted molar refractivity (Wildman–Crippen MR) is 100 cm³/mol. The van der Waals surface area contributed by atoms with Crippen LogP contribution in [0.25, 0.3) is 0 Å². The minimum atomic E-state index is 0.585. The third kappa shape index (κ3) is 4.59. The number of benzene rings is 1. The molecule has 0 saturated carbocycles. The molecule has 1 aliphatic heterocycles. The smallest absolute Gasteiger partial charge is 0.191 e. The molecule has 2 heterocycles. The summed E-state index contributed by atoms with van der Waals surface area (Å²) in [6.07, 6.45) is 5.95. The van der Waals surface area contributed by atoms with Gasteiger partial charge in [0.15, 0.2) is 5.96 Å². The molecule has 0 radical (unpaired) electrons. The van der Waals surface area contributed by atoms with Gasteiger partial charge in [-0.3, -0.25) is 4.68 Å². The lowest BCUT2D eigenvalue weighted by atomic mass is 10.2. The Labute approximate surface area is 148 Å². The molecule has 1 aliphatic rings. The largest absolute Gasteiger partial charge is 0.364 e. The van der Waals surface area contributed by atoms with Crippen LogP contribution in [0, 0.1) is 0 Å². The summed E-state index contributed by atoms with van der Waals surface area (Å²) in [6, 6.07) is 8.57. The highest BCUT2D eigenvalue weighted by molar-refractivity contribution is 5.79. The molecule has 3 rings (SSSR count). The number of aliphatic imine (C=N–C) groups is 1. The number of nitrogens with one attached hydrogen (secondary N) is 2. The van der Waals surface area contributed by atoms with Crippen LogP contribution in [-0.4, -0.2) is 40.4 Å². The van der Waals surface area contributed by atoms with Crippen LogP contribution in [0.3, 0.4) is 0 Å². The number of hydrogen-bond acceptors (Lipinski definition) is 4. The van der Waals surface area contributed by atoms with Crippen molar-refractivity contribution in [1.29, 1.82) is 0 Å². The topological polar surface area (TPSA) is 70.4 Å². The van der Waals surface area contributed by atoms with Crippen molar-refractivity contribution < 1.29 is 0 Å². The Balaban J connectivity index is 1.62. The summed E-state index contributed by atoms with van der Waals surface area (Å²) in [4.78, 5) is 11.2. The van der Waals surface area contributed by atoms with Crippen molar-refractivity contribution in [3.8, 4) is 0 Å². The fourth-order valence-electron chi connectivity index (χ4n) is 2.70. The molecule has 2 aromatic rings. The fraction of sp³-hybridized carbons (Fsp3) is 0.389. The Morgan fingerprint density at radius 2 is 2.08 bits per heavy atom. The zero-order valence-corrected chi connectivity index (χ0v) is 14.8. The Kier molecular flexibility index (Phi) is 5.66. The maximum Gasteiger partial charge on any atom is 0.191 e. The van der Waals surface area contributed by atoms with E-state index in [2.05, 4.69) is 73.9 Å². The average Bonchev–Trinajstić information content (AvgIpc) is 3.29. The molecule has 1 aromatic carbocycles. The number of guanidine groups is 1. The van der Waals surface area contributed by atoms with Crippen molar-refractivity contribution in [1.82, 2.24) is 25.4 Å². The third-order valence-corrected chi connectivity index (χ3v) is 4.08. The lowest BCUT2D eigenvalue weighted by Gasteiger charge is -2.18. The highest BCUT2D eigenvalue weighted by Gasteiger charge is 2.08. The van der Waals surface area contributed by atoms with Crippen molar-refractivity contribution in [2.45, 2.75) is 20.0 Å². The average molecular weight is 339 g/mol. The maximum absolute atomic E-state index is 4.68. The Morgan fingerprint density at radius 3 is 2.80 bits per heavy atom. The van der Waals surface area contributed by atoms with Crippen molar-refractivity contribution in [2.75, 3.05) is 24.5 Å². The first-order valence-electron chi connectivity index (χ1n) is 8.60. The van der Waals surface area contributed by atoms with Crippen LogP contribution in [0.5, 0.6) is 0 Å². The van der Waals surface area contributed by atoms with E-state index in [9.17, 15) is 0 Å². The summed E-state index contributed by atoms with van der Waals surface area (Å²) in [5.74, 6) is 1.65. The van der Waals surface area contributed by atoms with Gasteiger partial charge in [-0.25, -0.2) is 9.98 Å². The Morgan fingerprint density at radius 1 is 1.24 bits per heavy atom. The van der Waals surface area contributed by atoms with E-state index >= 15 is 0 Å². The molecule has 7 heteroatoms. The number of hydrogen-bond donors (Lipinski definition) is 2. The summed E-state index contributed by atoms with van der Waals surface area (Å²) in [7, 11) is 1.88. The zero-order chi connectivity index (χ0) is 17.5. The molecule has 0 aliphatic carbocycles.